The van der Waals surface area contributed by atoms with Crippen molar-refractivity contribution in [2.75, 3.05) is 13.2 Å². The van der Waals surface area contributed by atoms with Crippen molar-refractivity contribution in [3.63, 3.8) is 0 Å². The third-order valence-electron chi connectivity index (χ3n) is 7.64. The summed E-state index contributed by atoms with van der Waals surface area (Å²) < 4.78 is 13.3. The van der Waals surface area contributed by atoms with Crippen molar-refractivity contribution in [3.8, 4) is 5.75 Å². The maximum atomic E-state index is 14.8. The van der Waals surface area contributed by atoms with Crippen LogP contribution in [-0.2, 0) is 29.0 Å². The summed E-state index contributed by atoms with van der Waals surface area (Å²) in [5.41, 5.74) is 3.72. The third kappa shape index (κ3) is 5.52. The van der Waals surface area contributed by atoms with Crippen LogP contribution in [0.15, 0.2) is 113 Å². The molecular formula is C34H31BrN2O4. The van der Waals surface area contributed by atoms with E-state index in [1.165, 1.54) is 0 Å². The molecule has 0 radical (unpaired) electrons. The van der Waals surface area contributed by atoms with Crippen LogP contribution in [0.3, 0.4) is 0 Å². The van der Waals surface area contributed by atoms with Crippen molar-refractivity contribution >= 4 is 27.7 Å². The summed E-state index contributed by atoms with van der Waals surface area (Å²) in [6.45, 7) is 1.49. The van der Waals surface area contributed by atoms with Crippen molar-refractivity contribution in [3.05, 3.63) is 135 Å². The quantitative estimate of drug-likeness (QED) is 0.239. The molecule has 2 aliphatic heterocycles. The fourth-order valence-corrected chi connectivity index (χ4v) is 6.08. The lowest BCUT2D eigenvalue weighted by Gasteiger charge is -2.33. The van der Waals surface area contributed by atoms with E-state index in [2.05, 4.69) is 28.1 Å². The molecule has 2 heterocycles. The molecular weight excluding hydrogens is 580 g/mol. The lowest BCUT2D eigenvalue weighted by Crippen LogP contribution is -2.49. The van der Waals surface area contributed by atoms with Gasteiger partial charge in [0.05, 0.1) is 6.61 Å². The Kier molecular flexibility index (Phi) is 7.90. The molecule has 4 aromatic rings. The van der Waals surface area contributed by atoms with Gasteiger partial charge >= 0.3 is 0 Å². The smallest absolute Gasteiger partial charge is 0.255 e. The number of nitrogens with zero attached hydrogens (tertiary/aromatic N) is 2. The van der Waals surface area contributed by atoms with Crippen LogP contribution < -0.4 is 4.74 Å². The van der Waals surface area contributed by atoms with Crippen LogP contribution in [0, 0.1) is 0 Å². The van der Waals surface area contributed by atoms with Gasteiger partial charge in [0.25, 0.3) is 5.91 Å². The molecule has 6 nitrogen and oxygen atoms in total. The van der Waals surface area contributed by atoms with E-state index in [1.807, 2.05) is 95.9 Å². The topological polar surface area (TPSA) is 71.4 Å². The second kappa shape index (κ2) is 11.9. The fourth-order valence-electron chi connectivity index (χ4n) is 5.59. The van der Waals surface area contributed by atoms with Gasteiger partial charge in [-0.3, -0.25) is 4.79 Å². The Balaban J connectivity index is 1.45. The SMILES string of the molecule is O=C1N(Cc2ccccc2)Cc2ccccc2C[C@]12N=C(c1ccc(OCCCO)cc1)O[C@@H]2c1ccccc1Br. The molecule has 6 rings (SSSR count). The maximum absolute atomic E-state index is 14.8. The molecule has 1 amide bonds. The Morgan fingerprint density at radius 3 is 2.39 bits per heavy atom. The lowest BCUT2D eigenvalue weighted by atomic mass is 9.82. The van der Waals surface area contributed by atoms with Crippen LogP contribution in [-0.4, -0.2) is 40.6 Å². The van der Waals surface area contributed by atoms with Crippen molar-refractivity contribution in [2.45, 2.75) is 37.6 Å². The number of halogens is 1. The zero-order valence-corrected chi connectivity index (χ0v) is 24.2. The highest BCUT2D eigenvalue weighted by molar-refractivity contribution is 9.10. The molecule has 0 saturated heterocycles. The van der Waals surface area contributed by atoms with E-state index < -0.39 is 11.6 Å². The minimum Gasteiger partial charge on any atom is -0.494 e. The van der Waals surface area contributed by atoms with Gasteiger partial charge in [-0.25, -0.2) is 4.99 Å². The molecule has 2 aliphatic rings. The average Bonchev–Trinajstić information content (AvgIpc) is 3.33. The van der Waals surface area contributed by atoms with E-state index in [0.717, 1.165) is 32.3 Å². The van der Waals surface area contributed by atoms with Gasteiger partial charge in [-0.1, -0.05) is 88.7 Å². The summed E-state index contributed by atoms with van der Waals surface area (Å²) in [5.74, 6) is 1.07. The molecule has 41 heavy (non-hydrogen) atoms. The summed E-state index contributed by atoms with van der Waals surface area (Å²) in [6, 6.07) is 33.7. The van der Waals surface area contributed by atoms with E-state index in [-0.39, 0.29) is 12.5 Å². The first-order chi connectivity index (χ1) is 20.1. The molecule has 0 fully saturated rings. The fraction of sp³-hybridized carbons (Fsp3) is 0.235. The van der Waals surface area contributed by atoms with Crippen molar-refractivity contribution in [1.29, 1.82) is 0 Å². The first-order valence-corrected chi connectivity index (χ1v) is 14.6. The number of carbonyl (C=O) groups is 1. The molecule has 0 unspecified atom stereocenters. The number of amides is 1. The van der Waals surface area contributed by atoms with Gasteiger partial charge in [-0.15, -0.1) is 0 Å². The van der Waals surface area contributed by atoms with Crippen LogP contribution in [0.5, 0.6) is 5.75 Å². The zero-order chi connectivity index (χ0) is 28.2. The van der Waals surface area contributed by atoms with E-state index in [0.29, 0.717) is 44.2 Å². The van der Waals surface area contributed by atoms with Gasteiger partial charge in [0.2, 0.25) is 5.90 Å². The molecule has 208 valence electrons. The highest BCUT2D eigenvalue weighted by Gasteiger charge is 2.56. The Bertz CT molecular complexity index is 1560. The van der Waals surface area contributed by atoms with Crippen molar-refractivity contribution in [1.82, 2.24) is 4.90 Å². The number of fused-ring (bicyclic) bond motifs is 1. The molecule has 1 spiro atoms. The normalized spacial score (nSPS) is 19.9. The van der Waals surface area contributed by atoms with E-state index in [4.69, 9.17) is 19.6 Å². The summed E-state index contributed by atoms with van der Waals surface area (Å²) in [6.07, 6.45) is 0.354. The summed E-state index contributed by atoms with van der Waals surface area (Å²) in [5, 5.41) is 9.05. The third-order valence-corrected chi connectivity index (χ3v) is 8.36. The Morgan fingerprint density at radius 2 is 1.63 bits per heavy atom. The Morgan fingerprint density at radius 1 is 0.927 bits per heavy atom. The first kappa shape index (κ1) is 27.2. The number of aliphatic hydroxyl groups is 1. The molecule has 0 aromatic heterocycles. The van der Waals surface area contributed by atoms with Gasteiger partial charge in [-0.05, 0) is 47.0 Å². The van der Waals surface area contributed by atoms with Crippen molar-refractivity contribution < 1.29 is 19.4 Å². The highest BCUT2D eigenvalue weighted by atomic mass is 79.9. The average molecular weight is 612 g/mol. The number of aliphatic imine (C=N–C) groups is 1. The summed E-state index contributed by atoms with van der Waals surface area (Å²) in [4.78, 5) is 21.9. The summed E-state index contributed by atoms with van der Waals surface area (Å²) in [7, 11) is 0. The molecule has 0 bridgehead atoms. The Hall–Kier alpha value is -3.94. The maximum Gasteiger partial charge on any atom is 0.255 e. The monoisotopic (exact) mass is 610 g/mol. The van der Waals surface area contributed by atoms with Crippen LogP contribution in [0.4, 0.5) is 0 Å². The second-order valence-electron chi connectivity index (χ2n) is 10.4. The van der Waals surface area contributed by atoms with Crippen molar-refractivity contribution in [2.24, 2.45) is 4.99 Å². The number of hydrogen-bond donors (Lipinski definition) is 1. The molecule has 4 aromatic carbocycles. The molecule has 0 aliphatic carbocycles. The van der Waals surface area contributed by atoms with Crippen LogP contribution >= 0.6 is 15.9 Å². The van der Waals surface area contributed by atoms with E-state index >= 15 is 0 Å². The molecule has 2 atom stereocenters. The molecule has 7 heteroatoms. The van der Waals surface area contributed by atoms with Gasteiger partial charge in [-0.2, -0.15) is 0 Å². The minimum absolute atomic E-state index is 0.0581. The number of hydrogen-bond acceptors (Lipinski definition) is 5. The van der Waals surface area contributed by atoms with Crippen LogP contribution in [0.25, 0.3) is 0 Å². The zero-order valence-electron chi connectivity index (χ0n) is 22.6. The predicted octanol–water partition coefficient (Wildman–Crippen LogP) is 6.25. The Labute approximate surface area is 248 Å². The van der Waals surface area contributed by atoms with E-state index in [1.54, 1.807) is 0 Å². The largest absolute Gasteiger partial charge is 0.494 e. The van der Waals surface area contributed by atoms with Crippen LogP contribution in [0.2, 0.25) is 0 Å². The van der Waals surface area contributed by atoms with Gasteiger partial charge in [0.1, 0.15) is 5.75 Å². The van der Waals surface area contributed by atoms with Gasteiger partial charge < -0.3 is 19.5 Å². The molecule has 1 N–H and O–H groups in total. The number of aliphatic hydroxyl groups excluding tert-OH is 1. The number of ether oxygens (including phenoxy) is 2. The van der Waals surface area contributed by atoms with Crippen LogP contribution in [0.1, 0.15) is 40.3 Å². The van der Waals surface area contributed by atoms with Gasteiger partial charge in [0.15, 0.2) is 11.6 Å². The highest BCUT2D eigenvalue weighted by Crippen LogP contribution is 2.47. The van der Waals surface area contributed by atoms with Gasteiger partial charge in [0, 0.05) is 48.1 Å². The predicted molar refractivity (Wildman–Crippen MR) is 162 cm³/mol. The minimum atomic E-state index is -1.20. The lowest BCUT2D eigenvalue weighted by molar-refractivity contribution is -0.140. The first-order valence-electron chi connectivity index (χ1n) is 13.8. The van der Waals surface area contributed by atoms with E-state index in [9.17, 15) is 4.79 Å². The number of benzene rings is 4. The second-order valence-corrected chi connectivity index (χ2v) is 11.3. The number of carbonyl (C=O) groups excluding carboxylic acids is 1. The summed E-state index contributed by atoms with van der Waals surface area (Å²) >= 11 is 3.72. The number of rotatable bonds is 8. The standard InChI is InChI=1S/C34H31BrN2O4/c35-30-14-7-6-13-29(30)31-34(36-32(41-31)25-15-17-28(18-16-25)40-20-8-19-38)21-26-11-4-5-12-27(26)23-37(33(34)39)22-24-9-2-1-3-10-24/h1-7,9-18,31,38H,8,19-23H2/t31-,34-/m1/s1. The molecule has 0 saturated carbocycles.